The van der Waals surface area contributed by atoms with Crippen molar-refractivity contribution >= 4 is 16.8 Å². The lowest BCUT2D eigenvalue weighted by Gasteiger charge is -2.18. The molecule has 2 aromatic carbocycles. The highest BCUT2D eigenvalue weighted by molar-refractivity contribution is 5.81. The summed E-state index contributed by atoms with van der Waals surface area (Å²) in [5.41, 5.74) is 3.92. The van der Waals surface area contributed by atoms with Gasteiger partial charge in [-0.25, -0.2) is 0 Å². The molecule has 0 unspecified atom stereocenters. The minimum Gasteiger partial charge on any atom is -0.348 e. The number of carbonyl (C=O) groups is 1. The number of nitrogens with one attached hydrogen (secondary N) is 1. The summed E-state index contributed by atoms with van der Waals surface area (Å²) in [4.78, 5) is 24.3. The monoisotopic (exact) mass is 335 g/mol. The molecule has 0 saturated carbocycles. The number of amides is 1. The molecular weight excluding hydrogens is 314 g/mol. The minimum absolute atomic E-state index is 0.0655. The van der Waals surface area contributed by atoms with Crippen molar-refractivity contribution in [1.29, 1.82) is 0 Å². The second-order valence-corrected chi connectivity index (χ2v) is 6.33. The van der Waals surface area contributed by atoms with E-state index in [4.69, 9.17) is 0 Å². The van der Waals surface area contributed by atoms with E-state index < -0.39 is 0 Å². The van der Waals surface area contributed by atoms with Crippen LogP contribution in [0, 0.1) is 13.8 Å². The van der Waals surface area contributed by atoms with Crippen molar-refractivity contribution in [2.24, 2.45) is 0 Å². The van der Waals surface area contributed by atoms with E-state index >= 15 is 0 Å². The molecule has 3 aromatic rings. The number of hydrogen-bond donors (Lipinski definition) is 1. The number of para-hydroxylation sites is 1. The maximum Gasteiger partial charge on any atom is 0.242 e. The Morgan fingerprint density at radius 1 is 1.20 bits per heavy atom. The predicted molar refractivity (Wildman–Crippen MR) is 98.5 cm³/mol. The molecule has 0 saturated heterocycles. The van der Waals surface area contributed by atoms with Gasteiger partial charge in [-0.05, 0) is 44.0 Å². The quantitative estimate of drug-likeness (QED) is 0.797. The molecule has 0 bridgehead atoms. The number of benzene rings is 2. The van der Waals surface area contributed by atoms with Gasteiger partial charge in [0.2, 0.25) is 11.3 Å². The minimum atomic E-state index is -0.144. The zero-order valence-electron chi connectivity index (χ0n) is 14.6. The molecule has 3 rings (SSSR count). The Balaban J connectivity index is 1.80. The largest absolute Gasteiger partial charge is 0.348 e. The molecule has 1 heterocycles. The third kappa shape index (κ3) is 3.60. The third-order valence-corrected chi connectivity index (χ3v) is 4.33. The normalized spacial score (nSPS) is 12.1. The molecule has 1 N–H and O–H groups in total. The van der Waals surface area contributed by atoms with Gasteiger partial charge in [-0.2, -0.15) is 5.10 Å². The molecule has 0 aliphatic heterocycles. The highest BCUT2D eigenvalue weighted by atomic mass is 16.2. The Morgan fingerprint density at radius 2 is 1.96 bits per heavy atom. The first-order valence-electron chi connectivity index (χ1n) is 8.27. The number of aryl methyl sites for hydroxylation is 2. The maximum atomic E-state index is 12.5. The van der Waals surface area contributed by atoms with Crippen LogP contribution in [0.1, 0.15) is 29.7 Å². The van der Waals surface area contributed by atoms with Gasteiger partial charge in [0.1, 0.15) is 6.54 Å². The zero-order chi connectivity index (χ0) is 18.0. The maximum absolute atomic E-state index is 12.5. The number of hydrogen-bond acceptors (Lipinski definition) is 3. The van der Waals surface area contributed by atoms with Crippen LogP contribution in [0.3, 0.4) is 0 Å². The summed E-state index contributed by atoms with van der Waals surface area (Å²) in [6, 6.07) is 13.3. The first-order valence-corrected chi connectivity index (χ1v) is 8.27. The summed E-state index contributed by atoms with van der Waals surface area (Å²) in [7, 11) is 0. The molecule has 1 atom stereocenters. The lowest BCUT2D eigenvalue weighted by atomic mass is 10.00. The molecule has 0 radical (unpaired) electrons. The first-order chi connectivity index (χ1) is 12.0. The van der Waals surface area contributed by atoms with E-state index in [1.807, 2.05) is 26.8 Å². The second kappa shape index (κ2) is 6.89. The van der Waals surface area contributed by atoms with Crippen molar-refractivity contribution in [3.05, 3.63) is 75.6 Å². The van der Waals surface area contributed by atoms with E-state index in [-0.39, 0.29) is 23.9 Å². The van der Waals surface area contributed by atoms with Crippen molar-refractivity contribution in [2.75, 3.05) is 0 Å². The van der Waals surface area contributed by atoms with Crippen molar-refractivity contribution in [2.45, 2.75) is 33.4 Å². The first kappa shape index (κ1) is 16.9. The van der Waals surface area contributed by atoms with Gasteiger partial charge in [0.05, 0.1) is 17.8 Å². The molecular formula is C20H21N3O2. The number of fused-ring (bicyclic) bond motifs is 1. The van der Waals surface area contributed by atoms with Crippen molar-refractivity contribution in [1.82, 2.24) is 15.1 Å². The summed E-state index contributed by atoms with van der Waals surface area (Å²) >= 11 is 0. The van der Waals surface area contributed by atoms with Gasteiger partial charge < -0.3 is 5.32 Å². The molecule has 0 aliphatic rings. The van der Waals surface area contributed by atoms with Crippen LogP contribution >= 0.6 is 0 Å². The number of rotatable bonds is 4. The van der Waals surface area contributed by atoms with Crippen LogP contribution in [0.4, 0.5) is 0 Å². The summed E-state index contributed by atoms with van der Waals surface area (Å²) < 4.78 is 1.56. The fourth-order valence-corrected chi connectivity index (χ4v) is 3.01. The highest BCUT2D eigenvalue weighted by Crippen LogP contribution is 2.19. The second-order valence-electron chi connectivity index (χ2n) is 6.33. The molecule has 0 spiro atoms. The Morgan fingerprint density at radius 3 is 2.76 bits per heavy atom. The summed E-state index contributed by atoms with van der Waals surface area (Å²) in [5.74, 6) is -0.144. The molecule has 0 aliphatic carbocycles. The van der Waals surface area contributed by atoms with Crippen molar-refractivity contribution in [3.8, 4) is 0 Å². The molecule has 5 nitrogen and oxygen atoms in total. The molecule has 0 fully saturated rings. The van der Waals surface area contributed by atoms with Gasteiger partial charge in [-0.15, -0.1) is 0 Å². The van der Waals surface area contributed by atoms with E-state index in [1.165, 1.54) is 6.20 Å². The fourth-order valence-electron chi connectivity index (χ4n) is 3.01. The van der Waals surface area contributed by atoms with E-state index in [0.29, 0.717) is 10.9 Å². The van der Waals surface area contributed by atoms with Gasteiger partial charge in [0, 0.05) is 5.39 Å². The van der Waals surface area contributed by atoms with E-state index in [9.17, 15) is 9.59 Å². The molecule has 1 amide bonds. The number of nitrogens with zero attached hydrogens (tertiary/aromatic N) is 2. The number of carbonyl (C=O) groups excluding carboxylic acids is 1. The number of aromatic nitrogens is 2. The highest BCUT2D eigenvalue weighted by Gasteiger charge is 2.13. The van der Waals surface area contributed by atoms with Gasteiger partial charge in [-0.1, -0.05) is 35.9 Å². The van der Waals surface area contributed by atoms with E-state index in [2.05, 4.69) is 28.6 Å². The Labute approximate surface area is 146 Å². The van der Waals surface area contributed by atoms with Gasteiger partial charge in [0.15, 0.2) is 0 Å². The Hall–Kier alpha value is -2.95. The Bertz CT molecular complexity index is 992. The Kier molecular flexibility index (Phi) is 4.65. The fraction of sp³-hybridized carbons (Fsp3) is 0.250. The lowest BCUT2D eigenvalue weighted by molar-refractivity contribution is -0.122. The lowest BCUT2D eigenvalue weighted by Crippen LogP contribution is -2.31. The summed E-state index contributed by atoms with van der Waals surface area (Å²) in [6.07, 6.45) is 1.25. The molecule has 5 heteroatoms. The van der Waals surface area contributed by atoms with Crippen LogP contribution in [-0.2, 0) is 11.3 Å². The third-order valence-electron chi connectivity index (χ3n) is 4.33. The van der Waals surface area contributed by atoms with Crippen LogP contribution < -0.4 is 10.7 Å². The van der Waals surface area contributed by atoms with Crippen LogP contribution in [-0.4, -0.2) is 15.7 Å². The smallest absolute Gasteiger partial charge is 0.242 e. The van der Waals surface area contributed by atoms with Gasteiger partial charge >= 0.3 is 0 Å². The van der Waals surface area contributed by atoms with Gasteiger partial charge in [0.25, 0.3) is 0 Å². The van der Waals surface area contributed by atoms with Crippen LogP contribution in [0.2, 0.25) is 0 Å². The summed E-state index contributed by atoms with van der Waals surface area (Å²) in [5, 5.41) is 7.68. The molecule has 25 heavy (non-hydrogen) atoms. The molecule has 128 valence electrons. The van der Waals surface area contributed by atoms with E-state index in [0.717, 1.165) is 16.7 Å². The van der Waals surface area contributed by atoms with Gasteiger partial charge in [-0.3, -0.25) is 14.3 Å². The van der Waals surface area contributed by atoms with Crippen LogP contribution in [0.15, 0.2) is 53.5 Å². The average molecular weight is 335 g/mol. The average Bonchev–Trinajstić information content (AvgIpc) is 2.59. The summed E-state index contributed by atoms with van der Waals surface area (Å²) in [6.45, 7) is 6.11. The van der Waals surface area contributed by atoms with Crippen molar-refractivity contribution in [3.63, 3.8) is 0 Å². The van der Waals surface area contributed by atoms with Crippen LogP contribution in [0.5, 0.6) is 0 Å². The molecule has 1 aromatic heterocycles. The standard InChI is InChI=1S/C20H21N3O2/c1-13-8-9-14(2)17(10-13)15(3)22-20(25)12-23-18-7-5-4-6-16(18)19(24)11-21-23/h4-11,15H,12H2,1-3H3,(H,22,25)/t15-/m0/s1. The predicted octanol–water partition coefficient (Wildman–Crippen LogP) is 2.89. The van der Waals surface area contributed by atoms with E-state index in [1.54, 1.807) is 22.9 Å². The van der Waals surface area contributed by atoms with Crippen LogP contribution in [0.25, 0.3) is 10.9 Å². The SMILES string of the molecule is Cc1ccc(C)c([C@H](C)NC(=O)Cn2ncc(=O)c3ccccc32)c1. The zero-order valence-corrected chi connectivity index (χ0v) is 14.6. The topological polar surface area (TPSA) is 64.0 Å². The van der Waals surface area contributed by atoms with Crippen molar-refractivity contribution < 1.29 is 4.79 Å².